The number of aryl methyl sites for hydroxylation is 3. The molecule has 0 aromatic carbocycles. The molecular formula is C24H35N5O2. The predicted molar refractivity (Wildman–Crippen MR) is 119 cm³/mol. The highest BCUT2D eigenvalue weighted by atomic mass is 16.6. The molecule has 2 aliphatic rings. The van der Waals surface area contributed by atoms with Crippen LogP contribution < -0.4 is 0 Å². The van der Waals surface area contributed by atoms with Crippen molar-refractivity contribution < 1.29 is 9.53 Å². The summed E-state index contributed by atoms with van der Waals surface area (Å²) in [7, 11) is 1.93. The molecule has 1 amide bonds. The second-order valence-corrected chi connectivity index (χ2v) is 10.2. The number of amides is 1. The van der Waals surface area contributed by atoms with Gasteiger partial charge in [0.15, 0.2) is 0 Å². The van der Waals surface area contributed by atoms with Gasteiger partial charge in [0.25, 0.3) is 0 Å². The zero-order valence-electron chi connectivity index (χ0n) is 19.5. The SMILES string of the molecule is Cc1cnn(C)c1-c1ccc(CCCC2CCC3CN(C(=O)OC(C)(C)C)CC23)nn1. The van der Waals surface area contributed by atoms with Crippen LogP contribution in [0.2, 0.25) is 0 Å². The molecule has 4 rings (SSSR count). The van der Waals surface area contributed by atoms with Gasteiger partial charge in [-0.2, -0.15) is 10.2 Å². The highest BCUT2D eigenvalue weighted by Gasteiger charge is 2.44. The van der Waals surface area contributed by atoms with Crippen LogP contribution >= 0.6 is 0 Å². The van der Waals surface area contributed by atoms with Crippen LogP contribution in [0.3, 0.4) is 0 Å². The molecule has 2 fully saturated rings. The van der Waals surface area contributed by atoms with Crippen molar-refractivity contribution in [1.29, 1.82) is 0 Å². The van der Waals surface area contributed by atoms with E-state index in [-0.39, 0.29) is 6.09 Å². The van der Waals surface area contributed by atoms with Gasteiger partial charge in [0, 0.05) is 20.1 Å². The molecule has 1 aliphatic carbocycles. The lowest BCUT2D eigenvalue weighted by Crippen LogP contribution is -2.36. The molecular weight excluding hydrogens is 390 g/mol. The number of rotatable bonds is 5. The average molecular weight is 426 g/mol. The van der Waals surface area contributed by atoms with Crippen molar-refractivity contribution >= 4 is 6.09 Å². The lowest BCUT2D eigenvalue weighted by atomic mass is 9.88. The minimum atomic E-state index is -0.430. The van der Waals surface area contributed by atoms with Crippen molar-refractivity contribution in [2.24, 2.45) is 24.8 Å². The second-order valence-electron chi connectivity index (χ2n) is 10.2. The van der Waals surface area contributed by atoms with Crippen LogP contribution in [-0.2, 0) is 18.2 Å². The maximum atomic E-state index is 12.4. The number of likely N-dealkylation sites (tertiary alicyclic amines) is 1. The maximum Gasteiger partial charge on any atom is 0.410 e. The number of carbonyl (C=O) groups is 1. The fraction of sp³-hybridized carbons (Fsp3) is 0.667. The van der Waals surface area contributed by atoms with Gasteiger partial charge >= 0.3 is 6.09 Å². The molecule has 1 aliphatic heterocycles. The van der Waals surface area contributed by atoms with E-state index < -0.39 is 5.60 Å². The Bertz CT molecular complexity index is 896. The van der Waals surface area contributed by atoms with E-state index in [1.54, 1.807) is 0 Å². The summed E-state index contributed by atoms with van der Waals surface area (Å²) in [5.41, 5.74) is 3.61. The molecule has 3 unspecified atom stereocenters. The summed E-state index contributed by atoms with van der Waals surface area (Å²) in [5, 5.41) is 13.2. The fourth-order valence-corrected chi connectivity index (χ4v) is 5.29. The first-order valence-electron chi connectivity index (χ1n) is 11.5. The summed E-state index contributed by atoms with van der Waals surface area (Å²) in [6.45, 7) is 9.53. The van der Waals surface area contributed by atoms with Crippen molar-refractivity contribution in [1.82, 2.24) is 24.9 Å². The molecule has 3 heterocycles. The van der Waals surface area contributed by atoms with Crippen LogP contribution in [0.4, 0.5) is 4.79 Å². The molecule has 0 bridgehead atoms. The van der Waals surface area contributed by atoms with E-state index in [1.165, 1.54) is 19.3 Å². The van der Waals surface area contributed by atoms with Crippen LogP contribution in [0.1, 0.15) is 57.7 Å². The molecule has 2 aromatic rings. The zero-order chi connectivity index (χ0) is 22.2. The molecule has 168 valence electrons. The predicted octanol–water partition coefficient (Wildman–Crippen LogP) is 4.40. The Morgan fingerprint density at radius 2 is 2.00 bits per heavy atom. The van der Waals surface area contributed by atoms with Crippen LogP contribution in [0, 0.1) is 24.7 Å². The Hall–Kier alpha value is -2.44. The van der Waals surface area contributed by atoms with E-state index in [2.05, 4.69) is 21.4 Å². The monoisotopic (exact) mass is 425 g/mol. The van der Waals surface area contributed by atoms with Gasteiger partial charge in [0.1, 0.15) is 11.3 Å². The number of carbonyl (C=O) groups excluding carboxylic acids is 1. The lowest BCUT2D eigenvalue weighted by molar-refractivity contribution is 0.0276. The molecule has 31 heavy (non-hydrogen) atoms. The first-order chi connectivity index (χ1) is 14.7. The van der Waals surface area contributed by atoms with Gasteiger partial charge in [0.05, 0.1) is 17.6 Å². The minimum Gasteiger partial charge on any atom is -0.444 e. The van der Waals surface area contributed by atoms with E-state index in [0.29, 0.717) is 17.8 Å². The summed E-state index contributed by atoms with van der Waals surface area (Å²) >= 11 is 0. The minimum absolute atomic E-state index is 0.153. The number of fused-ring (bicyclic) bond motifs is 1. The molecule has 2 aromatic heterocycles. The summed E-state index contributed by atoms with van der Waals surface area (Å²) in [5.74, 6) is 1.95. The van der Waals surface area contributed by atoms with E-state index in [1.807, 2.05) is 56.6 Å². The van der Waals surface area contributed by atoms with Crippen LogP contribution in [-0.4, -0.2) is 49.7 Å². The van der Waals surface area contributed by atoms with Crippen molar-refractivity contribution in [3.8, 4) is 11.4 Å². The Morgan fingerprint density at radius 1 is 1.19 bits per heavy atom. The molecule has 0 radical (unpaired) electrons. The third kappa shape index (κ3) is 4.91. The molecule has 1 saturated carbocycles. The lowest BCUT2D eigenvalue weighted by Gasteiger charge is -2.25. The Labute approximate surface area is 185 Å². The normalized spacial score (nSPS) is 23.3. The number of aromatic nitrogens is 4. The van der Waals surface area contributed by atoms with E-state index >= 15 is 0 Å². The van der Waals surface area contributed by atoms with Gasteiger partial charge in [-0.15, -0.1) is 5.10 Å². The first kappa shape index (κ1) is 21.8. The van der Waals surface area contributed by atoms with E-state index in [4.69, 9.17) is 4.74 Å². The van der Waals surface area contributed by atoms with Crippen LogP contribution in [0.25, 0.3) is 11.4 Å². The number of ether oxygens (including phenoxy) is 1. The van der Waals surface area contributed by atoms with Crippen molar-refractivity contribution in [2.45, 2.75) is 65.4 Å². The van der Waals surface area contributed by atoms with Crippen molar-refractivity contribution in [2.75, 3.05) is 13.1 Å². The molecule has 7 heteroatoms. The van der Waals surface area contributed by atoms with E-state index in [0.717, 1.165) is 48.6 Å². The molecule has 7 nitrogen and oxygen atoms in total. The Morgan fingerprint density at radius 3 is 2.65 bits per heavy atom. The molecule has 0 N–H and O–H groups in total. The van der Waals surface area contributed by atoms with Crippen molar-refractivity contribution in [3.63, 3.8) is 0 Å². The summed E-state index contributed by atoms with van der Waals surface area (Å²) in [6.07, 6.45) is 7.45. The third-order valence-electron chi connectivity index (χ3n) is 6.75. The summed E-state index contributed by atoms with van der Waals surface area (Å²) in [4.78, 5) is 14.4. The highest BCUT2D eigenvalue weighted by molar-refractivity contribution is 5.68. The smallest absolute Gasteiger partial charge is 0.410 e. The molecule has 0 spiro atoms. The molecule has 3 atom stereocenters. The van der Waals surface area contributed by atoms with Crippen LogP contribution in [0.5, 0.6) is 0 Å². The van der Waals surface area contributed by atoms with Gasteiger partial charge in [0.2, 0.25) is 0 Å². The zero-order valence-corrected chi connectivity index (χ0v) is 19.5. The van der Waals surface area contributed by atoms with Crippen molar-refractivity contribution in [3.05, 3.63) is 29.6 Å². The standard InChI is InChI=1S/C24H35N5O2/c1-16-13-25-28(5)22(16)21-12-11-19(26-27-21)8-6-7-17-9-10-18-14-29(15-20(17)18)23(30)31-24(2,3)4/h11-13,17-18,20H,6-10,14-15H2,1-5H3. The fourth-order valence-electron chi connectivity index (χ4n) is 5.29. The van der Waals surface area contributed by atoms with Gasteiger partial charge in [-0.3, -0.25) is 4.68 Å². The van der Waals surface area contributed by atoms with Gasteiger partial charge in [-0.05, 0) is 95.2 Å². The second kappa shape index (κ2) is 8.60. The van der Waals surface area contributed by atoms with Gasteiger partial charge < -0.3 is 9.64 Å². The highest BCUT2D eigenvalue weighted by Crippen LogP contribution is 2.44. The van der Waals surface area contributed by atoms with Gasteiger partial charge in [-0.1, -0.05) is 0 Å². The number of hydrogen-bond donors (Lipinski definition) is 0. The summed E-state index contributed by atoms with van der Waals surface area (Å²) < 4.78 is 7.42. The Balaban J connectivity index is 1.27. The topological polar surface area (TPSA) is 73.1 Å². The third-order valence-corrected chi connectivity index (χ3v) is 6.75. The van der Waals surface area contributed by atoms with E-state index in [9.17, 15) is 4.79 Å². The average Bonchev–Trinajstić information content (AvgIpc) is 3.37. The quantitative estimate of drug-likeness (QED) is 0.710. The van der Waals surface area contributed by atoms with Gasteiger partial charge in [-0.25, -0.2) is 4.79 Å². The maximum absolute atomic E-state index is 12.4. The first-order valence-corrected chi connectivity index (χ1v) is 11.5. The largest absolute Gasteiger partial charge is 0.444 e. The molecule has 1 saturated heterocycles. The summed E-state index contributed by atoms with van der Waals surface area (Å²) in [6, 6.07) is 4.14. The Kier molecular flexibility index (Phi) is 6.04. The number of nitrogens with zero attached hydrogens (tertiary/aromatic N) is 5. The number of hydrogen-bond acceptors (Lipinski definition) is 5. The van der Waals surface area contributed by atoms with Crippen LogP contribution in [0.15, 0.2) is 18.3 Å².